The predicted molar refractivity (Wildman–Crippen MR) is 192 cm³/mol. The quantitative estimate of drug-likeness (QED) is 0.0769. The summed E-state index contributed by atoms with van der Waals surface area (Å²) >= 11 is 0. The first-order valence-corrected chi connectivity index (χ1v) is 18.0. The largest absolute Gasteiger partial charge is 0.446 e. The molecule has 15 heteroatoms. The summed E-state index contributed by atoms with van der Waals surface area (Å²) in [4.78, 5) is 60.6. The first kappa shape index (κ1) is 38.2. The van der Waals surface area contributed by atoms with Crippen LogP contribution >= 0.6 is 0 Å². The molecule has 2 aliphatic rings. The van der Waals surface area contributed by atoms with Crippen LogP contribution in [0.15, 0.2) is 52.4 Å². The molecule has 0 bridgehead atoms. The monoisotopic (exact) mass is 718 g/mol. The Morgan fingerprint density at radius 3 is 2.48 bits per heavy atom. The molecule has 1 atom stereocenters. The molecule has 278 valence electrons. The number of unbranched alkanes of at least 4 members (excludes halogenated alkanes) is 2. The van der Waals surface area contributed by atoms with E-state index in [9.17, 15) is 19.2 Å². The van der Waals surface area contributed by atoms with E-state index in [0.29, 0.717) is 67.6 Å². The highest BCUT2D eigenvalue weighted by Crippen LogP contribution is 2.31. The smallest absolute Gasteiger partial charge is 0.411 e. The number of carbonyl (C=O) groups excluding carboxylic acids is 3. The molecule has 5 rings (SSSR count). The molecule has 1 saturated carbocycles. The fourth-order valence-electron chi connectivity index (χ4n) is 6.38. The van der Waals surface area contributed by atoms with Gasteiger partial charge in [-0.05, 0) is 67.8 Å². The summed E-state index contributed by atoms with van der Waals surface area (Å²) in [6, 6.07) is 11.4. The number of rotatable bonds is 17. The number of carbonyl (C=O) groups is 3. The van der Waals surface area contributed by atoms with Crippen molar-refractivity contribution in [3.63, 3.8) is 0 Å². The second kappa shape index (κ2) is 18.5. The van der Waals surface area contributed by atoms with Crippen LogP contribution in [0, 0.1) is 11.7 Å². The number of methoxy groups -OCH3 is 1. The topological polar surface area (TPSA) is 163 Å². The van der Waals surface area contributed by atoms with Gasteiger partial charge in [0, 0.05) is 69.0 Å². The van der Waals surface area contributed by atoms with Crippen LogP contribution in [0.2, 0.25) is 0 Å². The van der Waals surface area contributed by atoms with Gasteiger partial charge in [0.25, 0.3) is 11.5 Å². The lowest BCUT2D eigenvalue weighted by molar-refractivity contribution is -0.134. The molecule has 0 radical (unpaired) electrons. The van der Waals surface area contributed by atoms with Crippen LogP contribution in [-0.2, 0) is 27.4 Å². The number of ether oxygens (including phenoxy) is 2. The van der Waals surface area contributed by atoms with Crippen LogP contribution in [0.3, 0.4) is 0 Å². The van der Waals surface area contributed by atoms with E-state index in [1.54, 1.807) is 40.1 Å². The Hall–Kier alpha value is -5.01. The van der Waals surface area contributed by atoms with Crippen LogP contribution in [0.1, 0.15) is 73.5 Å². The number of halogens is 1. The molecular formula is C37H47FN8O6. The van der Waals surface area contributed by atoms with Crippen molar-refractivity contribution in [2.24, 2.45) is 11.0 Å². The molecule has 52 heavy (non-hydrogen) atoms. The average molecular weight is 719 g/mol. The van der Waals surface area contributed by atoms with E-state index in [2.05, 4.69) is 10.0 Å². The number of fused-ring (bicyclic) bond motifs is 1. The van der Waals surface area contributed by atoms with Crippen LogP contribution in [-0.4, -0.2) is 101 Å². The van der Waals surface area contributed by atoms with Crippen molar-refractivity contribution in [3.05, 3.63) is 85.9 Å². The molecule has 14 nitrogen and oxygen atoms in total. The molecule has 3 amide bonds. The Bertz CT molecular complexity index is 1830. The van der Waals surface area contributed by atoms with E-state index in [4.69, 9.17) is 20.1 Å². The highest BCUT2D eigenvalue weighted by molar-refractivity contribution is 5.95. The Morgan fingerprint density at radius 1 is 1.06 bits per heavy atom. The summed E-state index contributed by atoms with van der Waals surface area (Å²) in [5, 5.41) is 9.25. The van der Waals surface area contributed by atoms with E-state index < -0.39 is 23.4 Å². The molecule has 0 N–H and O–H groups in total. The van der Waals surface area contributed by atoms with Crippen molar-refractivity contribution in [1.82, 2.24) is 24.5 Å². The minimum absolute atomic E-state index is 0.0632. The molecule has 1 aliphatic carbocycles. The number of hydrogen-bond donors (Lipinski definition) is 0. The lowest BCUT2D eigenvalue weighted by atomic mass is 10.0. The standard InChI is InChI=1S/C37H47FN8O6/c1-3-28(9-5-4-8-16-40-42-39)52-37(50)45(21-22-51-2)25-46-36(49)30-11-7-6-10-29(30)33(41-46)24-26-12-15-32(38)31(23-26)35(48)44-19-17-43(18-20-44)34(47)27-13-14-27/h6-7,10-12,15,23,27-28H,3-5,8-9,13-14,16-22,24-25H2,1-2H3. The molecule has 3 aromatic rings. The zero-order chi connectivity index (χ0) is 37.0. The van der Waals surface area contributed by atoms with Gasteiger partial charge in [0.05, 0.1) is 23.3 Å². The number of benzene rings is 2. The zero-order valence-corrected chi connectivity index (χ0v) is 29.9. The minimum atomic E-state index is -0.640. The van der Waals surface area contributed by atoms with Crippen LogP contribution in [0.4, 0.5) is 9.18 Å². The lowest BCUT2D eigenvalue weighted by Gasteiger charge is -2.35. The van der Waals surface area contributed by atoms with Gasteiger partial charge in [-0.15, -0.1) is 0 Å². The summed E-state index contributed by atoms with van der Waals surface area (Å²) < 4.78 is 27.5. The van der Waals surface area contributed by atoms with E-state index in [1.807, 2.05) is 6.92 Å². The van der Waals surface area contributed by atoms with Crippen LogP contribution in [0.5, 0.6) is 0 Å². The lowest BCUT2D eigenvalue weighted by Crippen LogP contribution is -2.51. The third-order valence-corrected chi connectivity index (χ3v) is 9.58. The van der Waals surface area contributed by atoms with Gasteiger partial charge in [-0.3, -0.25) is 19.3 Å². The Kier molecular flexibility index (Phi) is 13.6. The Labute approximate surface area is 302 Å². The molecule has 0 spiro atoms. The average Bonchev–Trinajstić information content (AvgIpc) is 4.02. The molecule has 2 fully saturated rings. The normalized spacial score (nSPS) is 14.9. The highest BCUT2D eigenvalue weighted by Gasteiger charge is 2.35. The van der Waals surface area contributed by atoms with Crippen molar-refractivity contribution in [1.29, 1.82) is 0 Å². The third-order valence-electron chi connectivity index (χ3n) is 9.58. The van der Waals surface area contributed by atoms with Crippen LogP contribution < -0.4 is 5.56 Å². The fraction of sp³-hybridized carbons (Fsp3) is 0.541. The molecule has 1 aromatic heterocycles. The number of azide groups is 1. The fourth-order valence-corrected chi connectivity index (χ4v) is 6.38. The van der Waals surface area contributed by atoms with Gasteiger partial charge in [0.15, 0.2) is 0 Å². The molecule has 2 heterocycles. The Balaban J connectivity index is 1.32. The van der Waals surface area contributed by atoms with Gasteiger partial charge in [-0.25, -0.2) is 13.9 Å². The summed E-state index contributed by atoms with van der Waals surface area (Å²) in [6.07, 6.45) is 4.73. The maximum absolute atomic E-state index is 15.1. The van der Waals surface area contributed by atoms with E-state index in [0.717, 1.165) is 32.1 Å². The maximum atomic E-state index is 15.1. The zero-order valence-electron chi connectivity index (χ0n) is 29.9. The van der Waals surface area contributed by atoms with Gasteiger partial charge < -0.3 is 19.3 Å². The maximum Gasteiger partial charge on any atom is 0.411 e. The number of nitrogens with zero attached hydrogens (tertiary/aromatic N) is 8. The number of amides is 3. The van der Waals surface area contributed by atoms with Gasteiger partial charge in [-0.2, -0.15) is 5.10 Å². The van der Waals surface area contributed by atoms with Crippen molar-refractivity contribution in [2.75, 3.05) is 53.0 Å². The van der Waals surface area contributed by atoms with Crippen molar-refractivity contribution < 1.29 is 28.2 Å². The van der Waals surface area contributed by atoms with Crippen molar-refractivity contribution in [2.45, 2.75) is 71.1 Å². The number of piperazine rings is 1. The second-order valence-corrected chi connectivity index (χ2v) is 13.3. The third kappa shape index (κ3) is 9.86. The predicted octanol–water partition coefficient (Wildman–Crippen LogP) is 5.51. The first-order valence-electron chi connectivity index (χ1n) is 18.0. The SMILES string of the molecule is CCC(CCCCCN=[N+]=[N-])OC(=O)N(CCOC)Cn1nc(Cc2ccc(F)c(C(=O)N3CCN(C(=O)C4CC4)CC3)c2)c2ccccc2c1=O. The van der Waals surface area contributed by atoms with Gasteiger partial charge in [0.1, 0.15) is 18.6 Å². The first-order chi connectivity index (χ1) is 25.2. The highest BCUT2D eigenvalue weighted by atomic mass is 19.1. The Morgan fingerprint density at radius 2 is 1.79 bits per heavy atom. The second-order valence-electron chi connectivity index (χ2n) is 13.3. The number of aromatic nitrogens is 2. The minimum Gasteiger partial charge on any atom is -0.446 e. The van der Waals surface area contributed by atoms with Gasteiger partial charge >= 0.3 is 6.09 Å². The van der Waals surface area contributed by atoms with E-state index in [1.165, 1.54) is 28.8 Å². The van der Waals surface area contributed by atoms with Crippen molar-refractivity contribution >= 4 is 28.7 Å². The molecule has 1 aliphatic heterocycles. The number of hydrogen-bond acceptors (Lipinski definition) is 8. The van der Waals surface area contributed by atoms with Crippen LogP contribution in [0.25, 0.3) is 21.2 Å². The van der Waals surface area contributed by atoms with E-state index >= 15 is 4.39 Å². The summed E-state index contributed by atoms with van der Waals surface area (Å²) in [7, 11) is 1.52. The summed E-state index contributed by atoms with van der Waals surface area (Å²) in [6.45, 7) is 4.04. The van der Waals surface area contributed by atoms with Gasteiger partial charge in [0.2, 0.25) is 5.91 Å². The molecule has 1 saturated heterocycles. The van der Waals surface area contributed by atoms with Gasteiger partial charge in [-0.1, -0.05) is 42.7 Å². The summed E-state index contributed by atoms with van der Waals surface area (Å²) in [5.41, 5.74) is 9.13. The van der Waals surface area contributed by atoms with E-state index in [-0.39, 0.29) is 49.7 Å². The molecular weight excluding hydrogens is 671 g/mol. The molecule has 2 aromatic carbocycles. The summed E-state index contributed by atoms with van der Waals surface area (Å²) in [5.74, 6) is -0.836. The molecule has 1 unspecified atom stereocenters. The van der Waals surface area contributed by atoms with Crippen molar-refractivity contribution in [3.8, 4) is 0 Å².